The highest BCUT2D eigenvalue weighted by atomic mass is 79.9. The summed E-state index contributed by atoms with van der Waals surface area (Å²) < 4.78 is 1.07. The Balaban J connectivity index is 1.90. The molecule has 2 nitrogen and oxygen atoms in total. The average molecular weight is 407 g/mol. The molecule has 2 aromatic rings. The summed E-state index contributed by atoms with van der Waals surface area (Å²) in [6, 6.07) is 4.43. The molecule has 120 valence electrons. The van der Waals surface area contributed by atoms with Crippen molar-refractivity contribution in [3.05, 3.63) is 36.8 Å². The van der Waals surface area contributed by atoms with E-state index in [0.717, 1.165) is 32.8 Å². The van der Waals surface area contributed by atoms with E-state index in [1.54, 1.807) is 22.7 Å². The first kappa shape index (κ1) is 16.9. The summed E-state index contributed by atoms with van der Waals surface area (Å²) in [6.45, 7) is 6.94. The zero-order chi connectivity index (χ0) is 16.6. The Hall–Kier alpha value is -0.960. The SMILES string of the molecule is CC(C)(C)[C@H]1CCc2c(sc(N=Cc3cc(Br)cs3)c2C#N)C1. The second kappa shape index (κ2) is 6.51. The van der Waals surface area contributed by atoms with Crippen molar-refractivity contribution in [1.29, 1.82) is 5.26 Å². The van der Waals surface area contributed by atoms with E-state index in [0.29, 0.717) is 11.3 Å². The molecular weight excluding hydrogens is 388 g/mol. The molecule has 0 saturated heterocycles. The van der Waals surface area contributed by atoms with Crippen LogP contribution in [0.1, 0.15) is 48.1 Å². The fourth-order valence-corrected chi connectivity index (χ4v) is 5.56. The van der Waals surface area contributed by atoms with E-state index in [-0.39, 0.29) is 0 Å². The van der Waals surface area contributed by atoms with Gasteiger partial charge in [0.05, 0.1) is 5.56 Å². The van der Waals surface area contributed by atoms with E-state index >= 15 is 0 Å². The lowest BCUT2D eigenvalue weighted by molar-refractivity contribution is 0.218. The van der Waals surface area contributed by atoms with Crippen LogP contribution in [0.4, 0.5) is 5.00 Å². The molecule has 0 bridgehead atoms. The van der Waals surface area contributed by atoms with Crippen LogP contribution in [0.25, 0.3) is 0 Å². The molecule has 0 amide bonds. The molecule has 1 aliphatic rings. The van der Waals surface area contributed by atoms with Crippen molar-refractivity contribution in [3.8, 4) is 6.07 Å². The zero-order valence-corrected chi connectivity index (χ0v) is 16.7. The summed E-state index contributed by atoms with van der Waals surface area (Å²) in [6.07, 6.45) is 5.13. The van der Waals surface area contributed by atoms with Crippen molar-refractivity contribution < 1.29 is 0 Å². The quantitative estimate of drug-likeness (QED) is 0.535. The highest BCUT2D eigenvalue weighted by Crippen LogP contribution is 2.44. The van der Waals surface area contributed by atoms with E-state index in [1.165, 1.54) is 16.9 Å². The standard InChI is InChI=1S/C18H19BrN2S2/c1-18(2,3)11-4-5-14-15(8-20)17(23-16(14)6-11)21-9-13-7-12(19)10-22-13/h7,9-11H,4-6H2,1-3H3/t11-/m0/s1. The number of thiophene rings is 2. The van der Waals surface area contributed by atoms with E-state index < -0.39 is 0 Å². The molecule has 0 fully saturated rings. The van der Waals surface area contributed by atoms with Crippen LogP contribution in [-0.2, 0) is 12.8 Å². The van der Waals surface area contributed by atoms with Gasteiger partial charge in [-0.15, -0.1) is 22.7 Å². The summed E-state index contributed by atoms with van der Waals surface area (Å²) in [7, 11) is 0. The normalized spacial score (nSPS) is 18.1. The fourth-order valence-electron chi connectivity index (χ4n) is 3.04. The van der Waals surface area contributed by atoms with Gasteiger partial charge in [0.2, 0.25) is 0 Å². The molecule has 1 atom stereocenters. The lowest BCUT2D eigenvalue weighted by Crippen LogP contribution is -2.26. The Morgan fingerprint density at radius 1 is 1.43 bits per heavy atom. The number of halogens is 1. The molecule has 0 aliphatic heterocycles. The van der Waals surface area contributed by atoms with Crippen LogP contribution in [0.5, 0.6) is 0 Å². The first-order valence-electron chi connectivity index (χ1n) is 7.71. The van der Waals surface area contributed by atoms with Gasteiger partial charge < -0.3 is 0 Å². The Morgan fingerprint density at radius 3 is 2.83 bits per heavy atom. The van der Waals surface area contributed by atoms with Crippen LogP contribution in [0, 0.1) is 22.7 Å². The van der Waals surface area contributed by atoms with Crippen LogP contribution in [-0.4, -0.2) is 6.21 Å². The molecular formula is C18H19BrN2S2. The van der Waals surface area contributed by atoms with E-state index in [9.17, 15) is 5.26 Å². The largest absolute Gasteiger partial charge is 0.243 e. The fraction of sp³-hybridized carbons (Fsp3) is 0.444. The second-order valence-corrected chi connectivity index (χ2v) is 9.97. The number of fused-ring (bicyclic) bond motifs is 1. The first-order valence-corrected chi connectivity index (χ1v) is 10.2. The summed E-state index contributed by atoms with van der Waals surface area (Å²) in [5.74, 6) is 0.685. The maximum absolute atomic E-state index is 9.57. The van der Waals surface area contributed by atoms with E-state index in [2.05, 4.69) is 47.8 Å². The molecule has 0 N–H and O–H groups in total. The molecule has 23 heavy (non-hydrogen) atoms. The number of rotatable bonds is 2. The Morgan fingerprint density at radius 2 is 2.22 bits per heavy atom. The average Bonchev–Trinajstić information content (AvgIpc) is 3.06. The molecule has 2 heterocycles. The number of hydrogen-bond acceptors (Lipinski definition) is 4. The number of nitriles is 1. The first-order chi connectivity index (χ1) is 10.9. The van der Waals surface area contributed by atoms with Crippen molar-refractivity contribution in [1.82, 2.24) is 0 Å². The van der Waals surface area contributed by atoms with Gasteiger partial charge in [-0.25, -0.2) is 4.99 Å². The zero-order valence-electron chi connectivity index (χ0n) is 13.5. The third-order valence-electron chi connectivity index (χ3n) is 4.48. The lowest BCUT2D eigenvalue weighted by atomic mass is 9.72. The summed E-state index contributed by atoms with van der Waals surface area (Å²) >= 11 is 6.81. The summed E-state index contributed by atoms with van der Waals surface area (Å²) in [5.41, 5.74) is 2.36. The minimum absolute atomic E-state index is 0.321. The maximum Gasteiger partial charge on any atom is 0.134 e. The van der Waals surface area contributed by atoms with Gasteiger partial charge in [0.1, 0.15) is 11.1 Å². The topological polar surface area (TPSA) is 36.1 Å². The number of nitrogens with zero attached hydrogens (tertiary/aromatic N) is 2. The van der Waals surface area contributed by atoms with Gasteiger partial charge in [-0.2, -0.15) is 5.26 Å². The monoisotopic (exact) mass is 406 g/mol. The third-order valence-corrected chi connectivity index (χ3v) is 7.27. The molecule has 0 saturated carbocycles. The Kier molecular flexibility index (Phi) is 4.78. The van der Waals surface area contributed by atoms with Gasteiger partial charge in [-0.05, 0) is 58.2 Å². The van der Waals surface area contributed by atoms with Gasteiger partial charge in [0, 0.05) is 25.8 Å². The molecule has 0 unspecified atom stereocenters. The predicted octanol–water partition coefficient (Wildman–Crippen LogP) is 6.35. The molecule has 0 spiro atoms. The van der Waals surface area contributed by atoms with Crippen LogP contribution in [0.2, 0.25) is 0 Å². The van der Waals surface area contributed by atoms with Crippen LogP contribution in [0.3, 0.4) is 0 Å². The maximum atomic E-state index is 9.57. The van der Waals surface area contributed by atoms with Gasteiger partial charge in [0.15, 0.2) is 0 Å². The number of aliphatic imine (C=N–C) groups is 1. The van der Waals surface area contributed by atoms with Crippen LogP contribution < -0.4 is 0 Å². The van der Waals surface area contributed by atoms with Crippen LogP contribution >= 0.6 is 38.6 Å². The summed E-state index contributed by atoms with van der Waals surface area (Å²) in [5, 5.41) is 12.5. The minimum atomic E-state index is 0.321. The highest BCUT2D eigenvalue weighted by Gasteiger charge is 2.32. The molecule has 3 rings (SSSR count). The van der Waals surface area contributed by atoms with E-state index in [1.807, 2.05) is 17.7 Å². The Bertz CT molecular complexity index is 787. The summed E-state index contributed by atoms with van der Waals surface area (Å²) in [4.78, 5) is 7.08. The van der Waals surface area contributed by atoms with Gasteiger partial charge in [-0.1, -0.05) is 20.8 Å². The van der Waals surface area contributed by atoms with Gasteiger partial charge in [-0.3, -0.25) is 0 Å². The van der Waals surface area contributed by atoms with Crippen molar-refractivity contribution >= 4 is 49.8 Å². The molecule has 1 aliphatic carbocycles. The van der Waals surface area contributed by atoms with Gasteiger partial charge >= 0.3 is 0 Å². The minimum Gasteiger partial charge on any atom is -0.243 e. The third kappa shape index (κ3) is 3.60. The lowest BCUT2D eigenvalue weighted by Gasteiger charge is -2.33. The molecule has 2 aromatic heterocycles. The highest BCUT2D eigenvalue weighted by molar-refractivity contribution is 9.10. The predicted molar refractivity (Wildman–Crippen MR) is 103 cm³/mol. The smallest absolute Gasteiger partial charge is 0.134 e. The molecule has 0 radical (unpaired) electrons. The van der Waals surface area contributed by atoms with Crippen molar-refractivity contribution in [2.75, 3.05) is 0 Å². The van der Waals surface area contributed by atoms with Crippen molar-refractivity contribution in [2.24, 2.45) is 16.3 Å². The van der Waals surface area contributed by atoms with E-state index in [4.69, 9.17) is 0 Å². The second-order valence-electron chi connectivity index (χ2n) is 7.03. The van der Waals surface area contributed by atoms with Gasteiger partial charge in [0.25, 0.3) is 0 Å². The van der Waals surface area contributed by atoms with Crippen molar-refractivity contribution in [2.45, 2.75) is 40.0 Å². The van der Waals surface area contributed by atoms with Crippen LogP contribution in [0.15, 0.2) is 20.9 Å². The Labute approximate surface area is 154 Å². The molecule has 0 aromatic carbocycles. The van der Waals surface area contributed by atoms with Crippen molar-refractivity contribution in [3.63, 3.8) is 0 Å². The molecule has 5 heteroatoms. The number of hydrogen-bond donors (Lipinski definition) is 0.